The first-order valence-electron chi connectivity index (χ1n) is 5.81. The van der Waals surface area contributed by atoms with Gasteiger partial charge < -0.3 is 9.47 Å². The Balaban J connectivity index is 0.000000411. The summed E-state index contributed by atoms with van der Waals surface area (Å²) < 4.78 is 9.05. The number of esters is 2. The molecule has 0 saturated heterocycles. The molecule has 0 unspecified atom stereocenters. The van der Waals surface area contributed by atoms with Gasteiger partial charge in [0.15, 0.2) is 0 Å². The number of hydrogen-bond donors (Lipinski definition) is 0. The topological polar surface area (TPSA) is 52.6 Å². The molecule has 0 fully saturated rings. The molecule has 100 valence electrons. The highest BCUT2D eigenvalue weighted by Gasteiger charge is 2.04. The van der Waals surface area contributed by atoms with E-state index in [4.69, 9.17) is 4.74 Å². The van der Waals surface area contributed by atoms with Gasteiger partial charge in [-0.2, -0.15) is 0 Å². The van der Waals surface area contributed by atoms with Crippen LogP contribution in [0.4, 0.5) is 0 Å². The molecule has 0 spiro atoms. The van der Waals surface area contributed by atoms with E-state index in [9.17, 15) is 9.59 Å². The molecule has 0 heterocycles. The molecule has 0 radical (unpaired) electrons. The van der Waals surface area contributed by atoms with Crippen LogP contribution in [-0.2, 0) is 19.1 Å². The van der Waals surface area contributed by atoms with Crippen LogP contribution >= 0.6 is 0 Å². The highest BCUT2D eigenvalue weighted by atomic mass is 16.5. The standard InChI is InChI=1S/C10H14O2.C4H6O2/c1-2-10(11)12-8-9-6-4-3-5-7-9;1-3-4(5)6-2/h2,6H,1,3-5,7-8H2;3H,1H2,2H3. The van der Waals surface area contributed by atoms with Crippen LogP contribution in [0.15, 0.2) is 37.0 Å². The third kappa shape index (κ3) is 8.33. The Morgan fingerprint density at radius 2 is 1.94 bits per heavy atom. The zero-order valence-corrected chi connectivity index (χ0v) is 10.8. The van der Waals surface area contributed by atoms with Gasteiger partial charge in [0.1, 0.15) is 6.61 Å². The van der Waals surface area contributed by atoms with Crippen molar-refractivity contribution in [3.8, 4) is 0 Å². The van der Waals surface area contributed by atoms with Gasteiger partial charge in [-0.1, -0.05) is 19.2 Å². The molecule has 0 saturated carbocycles. The maximum Gasteiger partial charge on any atom is 0.330 e. The van der Waals surface area contributed by atoms with Crippen molar-refractivity contribution in [1.29, 1.82) is 0 Å². The van der Waals surface area contributed by atoms with Crippen LogP contribution in [0.2, 0.25) is 0 Å². The first-order chi connectivity index (χ1) is 8.63. The van der Waals surface area contributed by atoms with E-state index in [-0.39, 0.29) is 5.97 Å². The summed E-state index contributed by atoms with van der Waals surface area (Å²) in [6.07, 6.45) is 9.16. The average molecular weight is 252 g/mol. The lowest BCUT2D eigenvalue weighted by Gasteiger charge is -2.11. The lowest BCUT2D eigenvalue weighted by molar-refractivity contribution is -0.137. The summed E-state index contributed by atoms with van der Waals surface area (Å²) in [7, 11) is 1.31. The van der Waals surface area contributed by atoms with Crippen molar-refractivity contribution in [2.24, 2.45) is 0 Å². The molecule has 18 heavy (non-hydrogen) atoms. The SMILES string of the molecule is C=CC(=O)OC.C=CC(=O)OCC1=CCCCC1. The van der Waals surface area contributed by atoms with E-state index in [0.29, 0.717) is 6.61 Å². The largest absolute Gasteiger partial charge is 0.466 e. The minimum absolute atomic E-state index is 0.332. The third-order valence-electron chi connectivity index (χ3n) is 2.32. The van der Waals surface area contributed by atoms with E-state index in [1.807, 2.05) is 0 Å². The third-order valence-corrected chi connectivity index (χ3v) is 2.32. The Hall–Kier alpha value is -1.84. The van der Waals surface area contributed by atoms with Crippen molar-refractivity contribution >= 4 is 11.9 Å². The molecule has 0 bridgehead atoms. The average Bonchev–Trinajstić information content (AvgIpc) is 2.45. The van der Waals surface area contributed by atoms with E-state index < -0.39 is 5.97 Å². The first kappa shape index (κ1) is 16.2. The molecule has 0 aromatic heterocycles. The monoisotopic (exact) mass is 252 g/mol. The number of carbonyl (C=O) groups is 2. The molecule has 1 aliphatic rings. The van der Waals surface area contributed by atoms with Gasteiger partial charge >= 0.3 is 11.9 Å². The summed E-state index contributed by atoms with van der Waals surface area (Å²) >= 11 is 0. The molecule has 0 aliphatic heterocycles. The quantitative estimate of drug-likeness (QED) is 0.438. The number of ether oxygens (including phenoxy) is 2. The summed E-state index contributed by atoms with van der Waals surface area (Å²) in [5.74, 6) is -0.725. The normalized spacial score (nSPS) is 13.3. The van der Waals surface area contributed by atoms with Gasteiger partial charge in [0.25, 0.3) is 0 Å². The number of rotatable bonds is 4. The summed E-state index contributed by atoms with van der Waals surface area (Å²) in [6.45, 7) is 6.94. The first-order valence-corrected chi connectivity index (χ1v) is 5.81. The Labute approximate surface area is 108 Å². The minimum atomic E-state index is -0.394. The van der Waals surface area contributed by atoms with Gasteiger partial charge in [-0.3, -0.25) is 0 Å². The molecule has 4 nitrogen and oxygen atoms in total. The zero-order valence-electron chi connectivity index (χ0n) is 10.8. The fraction of sp³-hybridized carbons (Fsp3) is 0.429. The predicted molar refractivity (Wildman–Crippen MR) is 69.9 cm³/mol. The second-order valence-corrected chi connectivity index (χ2v) is 3.65. The summed E-state index contributed by atoms with van der Waals surface area (Å²) in [5.41, 5.74) is 1.25. The van der Waals surface area contributed by atoms with Crippen LogP contribution in [-0.4, -0.2) is 25.7 Å². The van der Waals surface area contributed by atoms with Crippen LogP contribution in [0, 0.1) is 0 Å². The van der Waals surface area contributed by atoms with Crippen molar-refractivity contribution in [3.63, 3.8) is 0 Å². The Morgan fingerprint density at radius 1 is 1.28 bits per heavy atom. The van der Waals surface area contributed by atoms with Crippen molar-refractivity contribution in [1.82, 2.24) is 0 Å². The van der Waals surface area contributed by atoms with Gasteiger partial charge in [-0.15, -0.1) is 0 Å². The molecule has 1 rings (SSSR count). The van der Waals surface area contributed by atoms with E-state index in [1.165, 1.54) is 31.6 Å². The highest BCUT2D eigenvalue weighted by molar-refractivity contribution is 5.81. The van der Waals surface area contributed by atoms with Crippen molar-refractivity contribution in [2.45, 2.75) is 25.7 Å². The Morgan fingerprint density at radius 3 is 2.33 bits per heavy atom. The molecule has 4 heteroatoms. The zero-order chi connectivity index (χ0) is 13.8. The van der Waals surface area contributed by atoms with Crippen LogP contribution in [0.3, 0.4) is 0 Å². The number of methoxy groups -OCH3 is 1. The van der Waals surface area contributed by atoms with Crippen molar-refractivity contribution < 1.29 is 19.1 Å². The second-order valence-electron chi connectivity index (χ2n) is 3.65. The van der Waals surface area contributed by atoms with E-state index in [2.05, 4.69) is 24.0 Å². The molecule has 0 aromatic rings. The van der Waals surface area contributed by atoms with Gasteiger partial charge in [0, 0.05) is 12.2 Å². The summed E-state index contributed by atoms with van der Waals surface area (Å²) in [6, 6.07) is 0. The van der Waals surface area contributed by atoms with E-state index in [0.717, 1.165) is 18.9 Å². The molecular weight excluding hydrogens is 232 g/mol. The summed E-state index contributed by atoms with van der Waals surface area (Å²) in [5, 5.41) is 0. The molecule has 0 atom stereocenters. The number of allylic oxidation sites excluding steroid dienone is 1. The van der Waals surface area contributed by atoms with Gasteiger partial charge in [0.05, 0.1) is 7.11 Å². The second kappa shape index (κ2) is 10.3. The van der Waals surface area contributed by atoms with Crippen LogP contribution in [0.1, 0.15) is 25.7 Å². The lowest BCUT2D eigenvalue weighted by Crippen LogP contribution is -2.06. The predicted octanol–water partition coefficient (Wildman–Crippen LogP) is 2.56. The fourth-order valence-electron chi connectivity index (χ4n) is 1.34. The van der Waals surface area contributed by atoms with E-state index >= 15 is 0 Å². The molecule has 0 N–H and O–H groups in total. The smallest absolute Gasteiger partial charge is 0.330 e. The lowest BCUT2D eigenvalue weighted by atomic mass is 10.0. The van der Waals surface area contributed by atoms with Crippen molar-refractivity contribution in [3.05, 3.63) is 37.0 Å². The van der Waals surface area contributed by atoms with Crippen LogP contribution < -0.4 is 0 Å². The summed E-state index contributed by atoms with van der Waals surface area (Å²) in [4.78, 5) is 20.5. The number of carbonyl (C=O) groups excluding carboxylic acids is 2. The molecule has 0 amide bonds. The molecule has 1 aliphatic carbocycles. The van der Waals surface area contributed by atoms with E-state index in [1.54, 1.807) is 0 Å². The minimum Gasteiger partial charge on any atom is -0.466 e. The highest BCUT2D eigenvalue weighted by Crippen LogP contribution is 2.17. The van der Waals surface area contributed by atoms with Gasteiger partial charge in [-0.05, 0) is 31.3 Å². The number of hydrogen-bond acceptors (Lipinski definition) is 4. The fourth-order valence-corrected chi connectivity index (χ4v) is 1.34. The van der Waals surface area contributed by atoms with Gasteiger partial charge in [-0.25, -0.2) is 9.59 Å². The molecular formula is C14H20O4. The van der Waals surface area contributed by atoms with Crippen LogP contribution in [0.25, 0.3) is 0 Å². The molecule has 0 aromatic carbocycles. The van der Waals surface area contributed by atoms with Gasteiger partial charge in [0.2, 0.25) is 0 Å². The van der Waals surface area contributed by atoms with Crippen molar-refractivity contribution in [2.75, 3.05) is 13.7 Å². The maximum atomic E-state index is 10.7. The maximum absolute atomic E-state index is 10.7. The van der Waals surface area contributed by atoms with Crippen LogP contribution in [0.5, 0.6) is 0 Å². The Bertz CT molecular complexity index is 329. The Kier molecular flexibility index (Phi) is 9.27.